The normalized spacial score (nSPS) is 17.6. The molecule has 0 aliphatic carbocycles. The smallest absolute Gasteiger partial charge is 0.303 e. The van der Waals surface area contributed by atoms with Crippen molar-refractivity contribution in [2.45, 2.75) is 51.1 Å². The first-order valence-electron chi connectivity index (χ1n) is 6.78. The maximum atomic E-state index is 14.1. The zero-order valence-electron chi connectivity index (χ0n) is 11.4. The number of ether oxygens (including phenoxy) is 1. The molecule has 0 spiro atoms. The van der Waals surface area contributed by atoms with Crippen molar-refractivity contribution in [2.75, 3.05) is 0 Å². The Morgan fingerprint density at radius 1 is 1.45 bits per heavy atom. The van der Waals surface area contributed by atoms with Crippen LogP contribution in [0.3, 0.4) is 0 Å². The first-order valence-corrected chi connectivity index (χ1v) is 6.78. The summed E-state index contributed by atoms with van der Waals surface area (Å²) in [5, 5.41) is 8.49. The topological polar surface area (TPSA) is 46.5 Å². The molecule has 1 aromatic carbocycles. The lowest BCUT2D eigenvalue weighted by Gasteiger charge is -2.17. The van der Waals surface area contributed by atoms with E-state index in [4.69, 9.17) is 9.84 Å². The summed E-state index contributed by atoms with van der Waals surface area (Å²) in [7, 11) is 0. The molecule has 1 aliphatic rings. The van der Waals surface area contributed by atoms with Gasteiger partial charge in [0.2, 0.25) is 0 Å². The van der Waals surface area contributed by atoms with E-state index in [-0.39, 0.29) is 37.4 Å². The highest BCUT2D eigenvalue weighted by atomic mass is 19.3. The second-order valence-corrected chi connectivity index (χ2v) is 5.26. The van der Waals surface area contributed by atoms with Gasteiger partial charge in [0.15, 0.2) is 0 Å². The Bertz CT molecular complexity index is 500. The summed E-state index contributed by atoms with van der Waals surface area (Å²) in [4.78, 5) is 10.4. The fourth-order valence-electron chi connectivity index (χ4n) is 2.42. The van der Waals surface area contributed by atoms with Crippen molar-refractivity contribution in [3.63, 3.8) is 0 Å². The van der Waals surface area contributed by atoms with E-state index >= 15 is 0 Å². The van der Waals surface area contributed by atoms with E-state index in [9.17, 15) is 13.6 Å². The summed E-state index contributed by atoms with van der Waals surface area (Å²) >= 11 is 0. The van der Waals surface area contributed by atoms with Crippen LogP contribution in [-0.2, 0) is 17.1 Å². The molecule has 0 radical (unpaired) electrons. The van der Waals surface area contributed by atoms with E-state index in [1.165, 1.54) is 12.1 Å². The highest BCUT2D eigenvalue weighted by Crippen LogP contribution is 2.38. The quantitative estimate of drug-likeness (QED) is 0.809. The third kappa shape index (κ3) is 3.46. The third-order valence-corrected chi connectivity index (χ3v) is 3.45. The van der Waals surface area contributed by atoms with Gasteiger partial charge in [0.05, 0.1) is 0 Å². The van der Waals surface area contributed by atoms with Crippen molar-refractivity contribution in [1.29, 1.82) is 0 Å². The average Bonchev–Trinajstić information content (AvgIpc) is 2.73. The molecule has 20 heavy (non-hydrogen) atoms. The van der Waals surface area contributed by atoms with Crippen molar-refractivity contribution in [2.24, 2.45) is 0 Å². The van der Waals surface area contributed by atoms with Gasteiger partial charge < -0.3 is 9.84 Å². The number of benzene rings is 1. The molecule has 110 valence electrons. The number of carbonyl (C=O) groups is 1. The number of alkyl halides is 2. The molecular formula is C15H18F2O3. The molecule has 0 saturated heterocycles. The standard InChI is InChI=1S/C15H18F2O3/c1-10-8-11-9-12(5-6-13(11)20-10)15(16,17)7-3-2-4-14(18)19/h5-6,9-10H,2-4,7-8H2,1H3,(H,18,19). The average molecular weight is 284 g/mol. The van der Waals surface area contributed by atoms with Crippen LogP contribution < -0.4 is 4.74 Å². The second kappa shape index (κ2) is 5.77. The van der Waals surface area contributed by atoms with Gasteiger partial charge in [0.25, 0.3) is 5.92 Å². The number of carboxylic acid groups (broad SMARTS) is 1. The predicted octanol–water partition coefficient (Wildman–Crippen LogP) is 3.75. The fourth-order valence-corrected chi connectivity index (χ4v) is 2.42. The summed E-state index contributed by atoms with van der Waals surface area (Å²) in [5.41, 5.74) is 0.810. The van der Waals surface area contributed by atoms with Crippen LogP contribution >= 0.6 is 0 Å². The lowest BCUT2D eigenvalue weighted by atomic mass is 9.98. The first kappa shape index (κ1) is 14.8. The Balaban J connectivity index is 1.99. The number of hydrogen-bond acceptors (Lipinski definition) is 2. The van der Waals surface area contributed by atoms with Gasteiger partial charge in [0, 0.05) is 24.8 Å². The molecule has 1 heterocycles. The lowest BCUT2D eigenvalue weighted by Crippen LogP contribution is -2.13. The predicted molar refractivity (Wildman–Crippen MR) is 70.2 cm³/mol. The highest BCUT2D eigenvalue weighted by molar-refractivity contribution is 5.66. The van der Waals surface area contributed by atoms with Gasteiger partial charge in [0.1, 0.15) is 11.9 Å². The largest absolute Gasteiger partial charge is 0.490 e. The Labute approximate surface area is 116 Å². The Morgan fingerprint density at radius 3 is 2.90 bits per heavy atom. The third-order valence-electron chi connectivity index (χ3n) is 3.45. The molecule has 3 nitrogen and oxygen atoms in total. The molecule has 0 amide bonds. The van der Waals surface area contributed by atoms with E-state index in [1.807, 2.05) is 6.92 Å². The van der Waals surface area contributed by atoms with Gasteiger partial charge in [-0.1, -0.05) is 0 Å². The van der Waals surface area contributed by atoms with Gasteiger partial charge in [-0.3, -0.25) is 4.79 Å². The van der Waals surface area contributed by atoms with Gasteiger partial charge in [-0.05, 0) is 43.5 Å². The number of carboxylic acids is 1. The molecule has 1 atom stereocenters. The number of aliphatic carboxylic acids is 1. The van der Waals surface area contributed by atoms with E-state index in [2.05, 4.69) is 0 Å². The molecule has 0 bridgehead atoms. The molecular weight excluding hydrogens is 266 g/mol. The Morgan fingerprint density at radius 2 is 2.20 bits per heavy atom. The summed E-state index contributed by atoms with van der Waals surface area (Å²) in [6.07, 6.45) is 0.767. The molecule has 1 aromatic rings. The van der Waals surface area contributed by atoms with Crippen LogP contribution in [0.15, 0.2) is 18.2 Å². The summed E-state index contributed by atoms with van der Waals surface area (Å²) < 4.78 is 33.6. The first-order chi connectivity index (χ1) is 9.38. The van der Waals surface area contributed by atoms with Gasteiger partial charge >= 0.3 is 5.97 Å². The van der Waals surface area contributed by atoms with Crippen molar-refractivity contribution < 1.29 is 23.4 Å². The minimum atomic E-state index is -2.92. The lowest BCUT2D eigenvalue weighted by molar-refractivity contribution is -0.137. The minimum Gasteiger partial charge on any atom is -0.490 e. The van der Waals surface area contributed by atoms with Crippen LogP contribution in [0.25, 0.3) is 0 Å². The van der Waals surface area contributed by atoms with Crippen LogP contribution in [0.1, 0.15) is 43.7 Å². The number of rotatable bonds is 6. The molecule has 0 saturated carbocycles. The van der Waals surface area contributed by atoms with Gasteiger partial charge in [-0.15, -0.1) is 0 Å². The van der Waals surface area contributed by atoms with Crippen molar-refractivity contribution in [3.05, 3.63) is 29.3 Å². The van der Waals surface area contributed by atoms with E-state index < -0.39 is 11.9 Å². The van der Waals surface area contributed by atoms with E-state index in [0.29, 0.717) is 12.2 Å². The summed E-state index contributed by atoms with van der Waals surface area (Å²) in [6.45, 7) is 1.91. The number of halogens is 2. The molecule has 2 rings (SSSR count). The molecule has 1 unspecified atom stereocenters. The van der Waals surface area contributed by atoms with Crippen molar-refractivity contribution in [1.82, 2.24) is 0 Å². The molecule has 1 aliphatic heterocycles. The maximum absolute atomic E-state index is 14.1. The number of unbranched alkanes of at least 4 members (excludes halogenated alkanes) is 1. The van der Waals surface area contributed by atoms with Gasteiger partial charge in [-0.25, -0.2) is 8.78 Å². The van der Waals surface area contributed by atoms with E-state index in [0.717, 1.165) is 5.56 Å². The molecule has 0 fully saturated rings. The zero-order valence-corrected chi connectivity index (χ0v) is 11.4. The molecule has 0 aromatic heterocycles. The molecule has 5 heteroatoms. The van der Waals surface area contributed by atoms with Crippen molar-refractivity contribution in [3.8, 4) is 5.75 Å². The van der Waals surface area contributed by atoms with Gasteiger partial charge in [-0.2, -0.15) is 0 Å². The van der Waals surface area contributed by atoms with E-state index in [1.54, 1.807) is 6.07 Å². The summed E-state index contributed by atoms with van der Waals surface area (Å²) in [5.74, 6) is -3.18. The highest BCUT2D eigenvalue weighted by Gasteiger charge is 2.32. The molecule has 1 N–H and O–H groups in total. The van der Waals surface area contributed by atoms with Crippen molar-refractivity contribution >= 4 is 5.97 Å². The minimum absolute atomic E-state index is 0.00993. The Hall–Kier alpha value is -1.65. The van der Waals surface area contributed by atoms with Crippen LogP contribution in [0, 0.1) is 0 Å². The van der Waals surface area contributed by atoms with Crippen LogP contribution in [0.5, 0.6) is 5.75 Å². The SMILES string of the molecule is CC1Cc2cc(C(F)(F)CCCCC(=O)O)ccc2O1. The van der Waals surface area contributed by atoms with Crippen LogP contribution in [-0.4, -0.2) is 17.2 Å². The van der Waals surface area contributed by atoms with Crippen LogP contribution in [0.2, 0.25) is 0 Å². The number of hydrogen-bond donors (Lipinski definition) is 1. The summed E-state index contributed by atoms with van der Waals surface area (Å²) in [6, 6.07) is 4.50. The number of fused-ring (bicyclic) bond motifs is 1. The van der Waals surface area contributed by atoms with Crippen LogP contribution in [0.4, 0.5) is 8.78 Å². The zero-order chi connectivity index (χ0) is 14.8. The monoisotopic (exact) mass is 284 g/mol. The maximum Gasteiger partial charge on any atom is 0.303 e. The Kier molecular flexibility index (Phi) is 4.26. The fraction of sp³-hybridized carbons (Fsp3) is 0.533. The second-order valence-electron chi connectivity index (χ2n) is 5.26.